The smallest absolute Gasteiger partial charge is 0.227 e. The molecule has 0 amide bonds. The van der Waals surface area contributed by atoms with Crippen molar-refractivity contribution in [2.45, 2.75) is 30.9 Å². The van der Waals surface area contributed by atoms with Gasteiger partial charge in [-0.15, -0.1) is 5.10 Å². The fourth-order valence-electron chi connectivity index (χ4n) is 4.26. The van der Waals surface area contributed by atoms with Crippen molar-refractivity contribution in [3.05, 3.63) is 18.1 Å². The summed E-state index contributed by atoms with van der Waals surface area (Å²) in [7, 11) is 7.89. The van der Waals surface area contributed by atoms with Crippen molar-refractivity contribution < 1.29 is 4.74 Å². The Balaban J connectivity index is 1.43. The summed E-state index contributed by atoms with van der Waals surface area (Å²) in [4.78, 5) is 16.2. The molecule has 2 aliphatic heterocycles. The number of ether oxygens (including phenoxy) is 1. The molecule has 10 heteroatoms. The number of piperidine rings is 1. The molecule has 4 rings (SSSR count). The van der Waals surface area contributed by atoms with Crippen molar-refractivity contribution in [1.29, 1.82) is 0 Å². The Labute approximate surface area is 165 Å². The predicted molar refractivity (Wildman–Crippen MR) is 106 cm³/mol. The van der Waals surface area contributed by atoms with Crippen LogP contribution in [0.3, 0.4) is 0 Å². The quantitative estimate of drug-likeness (QED) is 0.711. The maximum atomic E-state index is 5.68. The number of tetrazole rings is 1. The Hall–Kier alpha value is -2.33. The number of aromatic nitrogens is 6. The highest BCUT2D eigenvalue weighted by atomic mass is 16.5. The number of aryl methyl sites for hydroxylation is 1. The summed E-state index contributed by atoms with van der Waals surface area (Å²) in [5.74, 6) is 3.12. The average Bonchev–Trinajstić information content (AvgIpc) is 3.34. The Morgan fingerprint density at radius 2 is 1.93 bits per heavy atom. The molecule has 0 spiro atoms. The van der Waals surface area contributed by atoms with Gasteiger partial charge in [-0.1, -0.05) is 0 Å². The lowest BCUT2D eigenvalue weighted by Gasteiger charge is -2.31. The number of hydrogen-bond acceptors (Lipinski definition) is 9. The molecule has 0 unspecified atom stereocenters. The van der Waals surface area contributed by atoms with E-state index in [2.05, 4.69) is 49.3 Å². The van der Waals surface area contributed by atoms with E-state index in [1.54, 1.807) is 11.8 Å². The van der Waals surface area contributed by atoms with Crippen LogP contribution in [0.4, 0.5) is 11.8 Å². The molecule has 4 heterocycles. The van der Waals surface area contributed by atoms with Crippen LogP contribution in [0.5, 0.6) is 0 Å². The second kappa shape index (κ2) is 7.96. The zero-order valence-electron chi connectivity index (χ0n) is 17.1. The topological polar surface area (TPSA) is 88.3 Å². The van der Waals surface area contributed by atoms with Crippen molar-refractivity contribution in [3.8, 4) is 0 Å². The molecule has 0 aliphatic carbocycles. The molecular weight excluding hydrogens is 358 g/mol. The molecule has 2 aromatic rings. The molecule has 10 nitrogen and oxygen atoms in total. The minimum Gasteiger partial charge on any atom is -0.378 e. The number of methoxy groups -OCH3 is 1. The third kappa shape index (κ3) is 3.66. The molecule has 0 bridgehead atoms. The van der Waals surface area contributed by atoms with Gasteiger partial charge in [0.1, 0.15) is 5.82 Å². The summed E-state index contributed by atoms with van der Waals surface area (Å²) in [6.07, 6.45) is 4.05. The van der Waals surface area contributed by atoms with Gasteiger partial charge in [0.25, 0.3) is 0 Å². The van der Waals surface area contributed by atoms with Gasteiger partial charge in [0.05, 0.1) is 12.1 Å². The molecule has 28 heavy (non-hydrogen) atoms. The molecule has 0 aromatic carbocycles. The van der Waals surface area contributed by atoms with E-state index in [-0.39, 0.29) is 6.10 Å². The van der Waals surface area contributed by atoms with Crippen LogP contribution in [-0.4, -0.2) is 94.6 Å². The molecular formula is C18H29N9O. The van der Waals surface area contributed by atoms with Crippen LogP contribution < -0.4 is 9.80 Å². The summed E-state index contributed by atoms with van der Waals surface area (Å²) < 4.78 is 7.46. The van der Waals surface area contributed by atoms with Gasteiger partial charge in [-0.25, -0.2) is 9.67 Å². The van der Waals surface area contributed by atoms with Crippen LogP contribution in [0.2, 0.25) is 0 Å². The molecule has 2 atom stereocenters. The van der Waals surface area contributed by atoms with Gasteiger partial charge in [0.2, 0.25) is 5.95 Å². The first-order chi connectivity index (χ1) is 13.6. The lowest BCUT2D eigenvalue weighted by atomic mass is 9.96. The van der Waals surface area contributed by atoms with Crippen molar-refractivity contribution in [2.75, 3.05) is 57.2 Å². The van der Waals surface area contributed by atoms with Gasteiger partial charge in [-0.3, -0.25) is 0 Å². The summed E-state index contributed by atoms with van der Waals surface area (Å²) in [6.45, 7) is 3.56. The Morgan fingerprint density at radius 3 is 2.54 bits per heavy atom. The van der Waals surface area contributed by atoms with E-state index in [0.29, 0.717) is 12.0 Å². The van der Waals surface area contributed by atoms with Crippen LogP contribution in [0, 0.1) is 0 Å². The first-order valence-corrected chi connectivity index (χ1v) is 9.81. The summed E-state index contributed by atoms with van der Waals surface area (Å²) >= 11 is 0. The fraction of sp³-hybridized carbons (Fsp3) is 0.722. The van der Waals surface area contributed by atoms with Crippen molar-refractivity contribution in [2.24, 2.45) is 7.05 Å². The minimum absolute atomic E-state index is 0.184. The molecule has 2 aliphatic rings. The lowest BCUT2D eigenvalue weighted by molar-refractivity contribution is 0.0639. The predicted octanol–water partition coefficient (Wildman–Crippen LogP) is 0.149. The third-order valence-electron chi connectivity index (χ3n) is 5.95. The van der Waals surface area contributed by atoms with E-state index in [9.17, 15) is 0 Å². The molecule has 0 N–H and O–H groups in total. The molecule has 0 radical (unpaired) electrons. The second-order valence-corrected chi connectivity index (χ2v) is 7.85. The highest BCUT2D eigenvalue weighted by Gasteiger charge is 2.35. The van der Waals surface area contributed by atoms with E-state index < -0.39 is 0 Å². The van der Waals surface area contributed by atoms with E-state index in [4.69, 9.17) is 9.72 Å². The molecule has 2 aromatic heterocycles. The largest absolute Gasteiger partial charge is 0.378 e. The van der Waals surface area contributed by atoms with E-state index in [1.165, 1.54) is 0 Å². The highest BCUT2D eigenvalue weighted by Crippen LogP contribution is 2.29. The third-order valence-corrected chi connectivity index (χ3v) is 5.95. The van der Waals surface area contributed by atoms with E-state index >= 15 is 0 Å². The van der Waals surface area contributed by atoms with Gasteiger partial charge in [0.15, 0.2) is 5.82 Å². The van der Waals surface area contributed by atoms with Gasteiger partial charge in [0, 0.05) is 52.5 Å². The average molecular weight is 387 g/mol. The normalized spacial score (nSPS) is 23.8. The number of hydrogen-bond donors (Lipinski definition) is 0. The van der Waals surface area contributed by atoms with Crippen molar-refractivity contribution >= 4 is 11.8 Å². The summed E-state index contributed by atoms with van der Waals surface area (Å²) in [5, 5.41) is 11.9. The number of rotatable bonds is 5. The molecule has 2 saturated heterocycles. The Kier molecular flexibility index (Phi) is 5.40. The van der Waals surface area contributed by atoms with E-state index in [1.807, 2.05) is 19.3 Å². The first-order valence-electron chi connectivity index (χ1n) is 9.81. The second-order valence-electron chi connectivity index (χ2n) is 7.85. The monoisotopic (exact) mass is 387 g/mol. The maximum absolute atomic E-state index is 5.68. The highest BCUT2D eigenvalue weighted by molar-refractivity contribution is 5.45. The van der Waals surface area contributed by atoms with Crippen LogP contribution in [0.1, 0.15) is 24.6 Å². The summed E-state index contributed by atoms with van der Waals surface area (Å²) in [6, 6.07) is 2.35. The van der Waals surface area contributed by atoms with Gasteiger partial charge in [-0.05, 0) is 43.4 Å². The Morgan fingerprint density at radius 1 is 1.14 bits per heavy atom. The van der Waals surface area contributed by atoms with Crippen LogP contribution in [0.15, 0.2) is 12.3 Å². The standard InChI is InChI=1S/C18H29N9O/c1-24(2)14-11-27(12-15(14)28-4)16-5-8-19-18(20-16)26-9-6-13(7-10-26)17-21-22-23-25(17)3/h5,8,13-15H,6-7,9-12H2,1-4H3/t14-,15+/m0/s1. The van der Waals surface area contributed by atoms with Crippen LogP contribution >= 0.6 is 0 Å². The fourth-order valence-corrected chi connectivity index (χ4v) is 4.26. The number of anilines is 2. The molecule has 152 valence electrons. The van der Waals surface area contributed by atoms with Crippen LogP contribution in [-0.2, 0) is 11.8 Å². The summed E-state index contributed by atoms with van der Waals surface area (Å²) in [5.41, 5.74) is 0. The van der Waals surface area contributed by atoms with Gasteiger partial charge in [-0.2, -0.15) is 4.98 Å². The van der Waals surface area contributed by atoms with Crippen molar-refractivity contribution in [3.63, 3.8) is 0 Å². The van der Waals surface area contributed by atoms with Crippen molar-refractivity contribution in [1.82, 2.24) is 35.1 Å². The minimum atomic E-state index is 0.184. The number of likely N-dealkylation sites (N-methyl/N-ethyl adjacent to an activating group) is 1. The first kappa shape index (κ1) is 19.0. The SMILES string of the molecule is CO[C@@H]1CN(c2ccnc(N3CCC(c4nnnn4C)CC3)n2)C[C@@H]1N(C)C. The molecule has 0 saturated carbocycles. The van der Waals surface area contributed by atoms with Crippen LogP contribution in [0.25, 0.3) is 0 Å². The Bertz CT molecular complexity index is 787. The number of nitrogens with zero attached hydrogens (tertiary/aromatic N) is 9. The molecule has 2 fully saturated rings. The maximum Gasteiger partial charge on any atom is 0.227 e. The van der Waals surface area contributed by atoms with Gasteiger partial charge >= 0.3 is 0 Å². The van der Waals surface area contributed by atoms with Gasteiger partial charge < -0.3 is 19.4 Å². The zero-order chi connectivity index (χ0) is 19.7. The lowest BCUT2D eigenvalue weighted by Crippen LogP contribution is -2.39. The van der Waals surface area contributed by atoms with E-state index in [0.717, 1.165) is 56.6 Å². The zero-order valence-corrected chi connectivity index (χ0v) is 17.1.